The number of unbranched alkanes of at least 4 members (excludes halogenated alkanes) is 2. The molecule has 1 aliphatic rings. The molecule has 2 rings (SSSR count). The molecule has 0 amide bonds. The molecule has 0 spiro atoms. The van der Waals surface area contributed by atoms with Gasteiger partial charge in [-0.25, -0.2) is 0 Å². The Hall–Kier alpha value is -1.95. The first-order chi connectivity index (χ1) is 12.8. The van der Waals surface area contributed by atoms with Crippen molar-refractivity contribution < 1.29 is 9.47 Å². The summed E-state index contributed by atoms with van der Waals surface area (Å²) in [6.07, 6.45) is 3.39. The number of piperazine rings is 1. The van der Waals surface area contributed by atoms with Gasteiger partial charge < -0.3 is 24.6 Å². The Morgan fingerprint density at radius 1 is 1.08 bits per heavy atom. The highest BCUT2D eigenvalue weighted by atomic mass is 16.5. The first-order valence-corrected chi connectivity index (χ1v) is 9.70. The Labute approximate surface area is 158 Å². The predicted octanol–water partition coefficient (Wildman–Crippen LogP) is 2.60. The van der Waals surface area contributed by atoms with Gasteiger partial charge >= 0.3 is 0 Å². The lowest BCUT2D eigenvalue weighted by Crippen LogP contribution is -2.52. The highest BCUT2D eigenvalue weighted by Crippen LogP contribution is 2.28. The van der Waals surface area contributed by atoms with Gasteiger partial charge in [0.25, 0.3) is 0 Å². The maximum atomic E-state index is 5.50. The number of nitrogens with one attached hydrogen (secondary N) is 1. The predicted molar refractivity (Wildman–Crippen MR) is 108 cm³/mol. The lowest BCUT2D eigenvalue weighted by Gasteiger charge is -2.38. The number of benzene rings is 1. The quantitative estimate of drug-likeness (QED) is 0.416. The van der Waals surface area contributed by atoms with Crippen molar-refractivity contribution in [3.8, 4) is 5.75 Å². The third-order valence-corrected chi connectivity index (χ3v) is 4.61. The monoisotopic (exact) mass is 362 g/mol. The molecule has 26 heavy (non-hydrogen) atoms. The van der Waals surface area contributed by atoms with Crippen LogP contribution in [0.25, 0.3) is 0 Å². The number of nitrogens with zero attached hydrogens (tertiary/aromatic N) is 3. The third-order valence-electron chi connectivity index (χ3n) is 4.61. The number of ether oxygens (including phenoxy) is 2. The van der Waals surface area contributed by atoms with Crippen molar-refractivity contribution in [1.82, 2.24) is 10.2 Å². The molecule has 1 aromatic rings. The van der Waals surface area contributed by atoms with E-state index in [1.807, 2.05) is 12.1 Å². The zero-order valence-electron chi connectivity index (χ0n) is 16.5. The Bertz CT molecular complexity index is 542. The first kappa shape index (κ1) is 20.4. The van der Waals surface area contributed by atoms with E-state index >= 15 is 0 Å². The van der Waals surface area contributed by atoms with Crippen molar-refractivity contribution in [2.45, 2.75) is 26.2 Å². The molecule has 1 aromatic carbocycles. The molecule has 0 unspecified atom stereocenters. The molecule has 1 heterocycles. The molecule has 0 aromatic heterocycles. The number of aliphatic imine (C=N–C) groups is 1. The van der Waals surface area contributed by atoms with Gasteiger partial charge in [-0.1, -0.05) is 12.1 Å². The van der Waals surface area contributed by atoms with E-state index in [2.05, 4.69) is 34.2 Å². The topological polar surface area (TPSA) is 49.3 Å². The largest absolute Gasteiger partial charge is 0.495 e. The van der Waals surface area contributed by atoms with Gasteiger partial charge in [-0.3, -0.25) is 4.99 Å². The van der Waals surface area contributed by atoms with Gasteiger partial charge in [-0.05, 0) is 38.3 Å². The summed E-state index contributed by atoms with van der Waals surface area (Å²) in [7, 11) is 3.49. The fraction of sp³-hybridized carbons (Fsp3) is 0.650. The molecule has 1 N–H and O–H groups in total. The minimum Gasteiger partial charge on any atom is -0.495 e. The van der Waals surface area contributed by atoms with Crippen molar-refractivity contribution in [1.29, 1.82) is 0 Å². The second-order valence-electron chi connectivity index (χ2n) is 6.44. The van der Waals surface area contributed by atoms with Crippen LogP contribution in [0.3, 0.4) is 0 Å². The van der Waals surface area contributed by atoms with E-state index in [9.17, 15) is 0 Å². The van der Waals surface area contributed by atoms with Crippen molar-refractivity contribution in [2.75, 3.05) is 65.0 Å². The molecule has 0 saturated carbocycles. The zero-order valence-corrected chi connectivity index (χ0v) is 16.5. The van der Waals surface area contributed by atoms with E-state index in [-0.39, 0.29) is 0 Å². The number of guanidine groups is 1. The van der Waals surface area contributed by atoms with Gasteiger partial charge in [0.05, 0.1) is 12.8 Å². The minimum atomic E-state index is 0.842. The molecule has 0 radical (unpaired) electrons. The Balaban J connectivity index is 1.86. The molecule has 6 nitrogen and oxygen atoms in total. The van der Waals surface area contributed by atoms with Crippen LogP contribution in [0.5, 0.6) is 5.75 Å². The zero-order chi connectivity index (χ0) is 18.6. The Morgan fingerprint density at radius 3 is 2.54 bits per heavy atom. The number of methoxy groups -OCH3 is 2. The van der Waals surface area contributed by atoms with Crippen LogP contribution in [0.2, 0.25) is 0 Å². The van der Waals surface area contributed by atoms with Crippen LogP contribution in [0.4, 0.5) is 5.69 Å². The van der Waals surface area contributed by atoms with E-state index in [4.69, 9.17) is 14.5 Å². The summed E-state index contributed by atoms with van der Waals surface area (Å²) in [6, 6.07) is 8.24. The summed E-state index contributed by atoms with van der Waals surface area (Å²) in [4.78, 5) is 9.57. The third kappa shape index (κ3) is 6.09. The SMILES string of the molecule is CCNC(=NCCCCCOC)N1CCN(c2ccccc2OC)CC1. The van der Waals surface area contributed by atoms with Gasteiger partial charge in [0.2, 0.25) is 0 Å². The highest BCUT2D eigenvalue weighted by molar-refractivity contribution is 5.80. The van der Waals surface area contributed by atoms with Gasteiger partial charge in [-0.15, -0.1) is 0 Å². The molecule has 0 aliphatic carbocycles. The van der Waals surface area contributed by atoms with Crippen molar-refractivity contribution in [3.05, 3.63) is 24.3 Å². The van der Waals surface area contributed by atoms with Crippen molar-refractivity contribution >= 4 is 11.6 Å². The fourth-order valence-corrected chi connectivity index (χ4v) is 3.20. The normalized spacial score (nSPS) is 15.3. The summed E-state index contributed by atoms with van der Waals surface area (Å²) in [5, 5.41) is 3.44. The average Bonchev–Trinajstić information content (AvgIpc) is 2.70. The maximum absolute atomic E-state index is 5.50. The molecular weight excluding hydrogens is 328 g/mol. The molecule has 0 atom stereocenters. The van der Waals surface area contributed by atoms with E-state index in [1.165, 1.54) is 12.1 Å². The van der Waals surface area contributed by atoms with Crippen LogP contribution in [-0.2, 0) is 4.74 Å². The van der Waals surface area contributed by atoms with Gasteiger partial charge in [0.1, 0.15) is 5.75 Å². The lowest BCUT2D eigenvalue weighted by molar-refractivity contribution is 0.192. The van der Waals surface area contributed by atoms with Gasteiger partial charge in [0, 0.05) is 53.0 Å². The second-order valence-corrected chi connectivity index (χ2v) is 6.44. The number of para-hydroxylation sites is 2. The molecule has 0 bridgehead atoms. The molecular formula is C20H34N4O2. The molecule has 146 valence electrons. The Kier molecular flexibility index (Phi) is 9.10. The van der Waals surface area contributed by atoms with Crippen LogP contribution >= 0.6 is 0 Å². The van der Waals surface area contributed by atoms with Crippen LogP contribution in [0, 0.1) is 0 Å². The summed E-state index contributed by atoms with van der Waals surface area (Å²) in [5.41, 5.74) is 1.18. The fourth-order valence-electron chi connectivity index (χ4n) is 3.20. The van der Waals surface area contributed by atoms with Crippen LogP contribution in [-0.4, -0.2) is 71.0 Å². The minimum absolute atomic E-state index is 0.842. The van der Waals surface area contributed by atoms with E-state index in [0.29, 0.717) is 0 Å². The standard InChI is InChI=1S/C20H34N4O2/c1-4-21-20(22-12-8-5-9-17-25-2)24-15-13-23(14-16-24)18-10-6-7-11-19(18)26-3/h6-7,10-11H,4-5,8-9,12-17H2,1-3H3,(H,21,22). The number of hydrogen-bond acceptors (Lipinski definition) is 4. The molecule has 1 saturated heterocycles. The summed E-state index contributed by atoms with van der Waals surface area (Å²) in [5.74, 6) is 1.98. The molecule has 1 fully saturated rings. The summed E-state index contributed by atoms with van der Waals surface area (Å²) >= 11 is 0. The van der Waals surface area contributed by atoms with Crippen LogP contribution in [0.15, 0.2) is 29.3 Å². The smallest absolute Gasteiger partial charge is 0.194 e. The maximum Gasteiger partial charge on any atom is 0.194 e. The van der Waals surface area contributed by atoms with Crippen LogP contribution < -0.4 is 15.0 Å². The van der Waals surface area contributed by atoms with E-state index in [0.717, 1.165) is 70.4 Å². The number of anilines is 1. The van der Waals surface area contributed by atoms with Crippen molar-refractivity contribution in [2.24, 2.45) is 4.99 Å². The van der Waals surface area contributed by atoms with Crippen molar-refractivity contribution in [3.63, 3.8) is 0 Å². The van der Waals surface area contributed by atoms with Gasteiger partial charge in [0.15, 0.2) is 5.96 Å². The molecule has 1 aliphatic heterocycles. The summed E-state index contributed by atoms with van der Waals surface area (Å²) in [6.45, 7) is 8.61. The second kappa shape index (κ2) is 11.6. The Morgan fingerprint density at radius 2 is 1.85 bits per heavy atom. The number of hydrogen-bond donors (Lipinski definition) is 1. The highest BCUT2D eigenvalue weighted by Gasteiger charge is 2.21. The lowest BCUT2D eigenvalue weighted by atomic mass is 10.2. The first-order valence-electron chi connectivity index (χ1n) is 9.70. The molecule has 6 heteroatoms. The average molecular weight is 363 g/mol. The van der Waals surface area contributed by atoms with E-state index < -0.39 is 0 Å². The summed E-state index contributed by atoms with van der Waals surface area (Å²) < 4.78 is 10.6. The van der Waals surface area contributed by atoms with Crippen LogP contribution in [0.1, 0.15) is 26.2 Å². The number of rotatable bonds is 9. The van der Waals surface area contributed by atoms with Gasteiger partial charge in [-0.2, -0.15) is 0 Å². The van der Waals surface area contributed by atoms with E-state index in [1.54, 1.807) is 14.2 Å².